The van der Waals surface area contributed by atoms with Gasteiger partial charge in [0.1, 0.15) is 5.01 Å². The van der Waals surface area contributed by atoms with E-state index < -0.39 is 0 Å². The van der Waals surface area contributed by atoms with Gasteiger partial charge in [-0.3, -0.25) is 14.4 Å². The number of hydrogen-bond acceptors (Lipinski definition) is 6. The molecule has 9 heteroatoms. The number of benzene rings is 1. The number of carbonyl (C=O) groups excluding carboxylic acids is 3. The highest BCUT2D eigenvalue weighted by Crippen LogP contribution is 2.28. The third-order valence-electron chi connectivity index (χ3n) is 5.75. The van der Waals surface area contributed by atoms with Gasteiger partial charge in [0.05, 0.1) is 5.92 Å². The Morgan fingerprint density at radius 3 is 2.40 bits per heavy atom. The Morgan fingerprint density at radius 2 is 1.77 bits per heavy atom. The molecule has 158 valence electrons. The molecule has 2 aliphatic rings. The van der Waals surface area contributed by atoms with Gasteiger partial charge in [-0.1, -0.05) is 29.0 Å². The standard InChI is InChI=1S/C21H25N5O3S/c1-13-3-5-17(6-4-13)26-12-16(11-18(26)27)20(29)25-9-7-15(8-10-25)19(28)22-21-24-23-14(2)30-21/h3-6,15-16H,7-12H2,1-2H3,(H,22,24,28)/t16-/m1/s1. The minimum Gasteiger partial charge on any atom is -0.342 e. The number of piperidine rings is 1. The van der Waals surface area contributed by atoms with Crippen molar-refractivity contribution in [3.8, 4) is 0 Å². The van der Waals surface area contributed by atoms with Gasteiger partial charge in [-0.2, -0.15) is 0 Å². The highest BCUT2D eigenvalue weighted by atomic mass is 32.1. The Morgan fingerprint density at radius 1 is 1.07 bits per heavy atom. The molecule has 0 bridgehead atoms. The summed E-state index contributed by atoms with van der Waals surface area (Å²) in [5.41, 5.74) is 1.97. The van der Waals surface area contributed by atoms with Crippen LogP contribution in [0.25, 0.3) is 0 Å². The van der Waals surface area contributed by atoms with Crippen LogP contribution in [0.5, 0.6) is 0 Å². The number of aromatic nitrogens is 2. The molecule has 1 atom stereocenters. The summed E-state index contributed by atoms with van der Waals surface area (Å²) < 4.78 is 0. The Bertz CT molecular complexity index is 950. The van der Waals surface area contributed by atoms with Crippen LogP contribution < -0.4 is 10.2 Å². The Labute approximate surface area is 179 Å². The molecule has 2 fully saturated rings. The normalized spacial score (nSPS) is 19.9. The molecule has 3 heterocycles. The Hall–Kier alpha value is -2.81. The largest absolute Gasteiger partial charge is 0.342 e. The van der Waals surface area contributed by atoms with Gasteiger partial charge < -0.3 is 15.1 Å². The van der Waals surface area contributed by atoms with E-state index >= 15 is 0 Å². The minimum atomic E-state index is -0.325. The van der Waals surface area contributed by atoms with Gasteiger partial charge >= 0.3 is 0 Å². The van der Waals surface area contributed by atoms with E-state index in [-0.39, 0.29) is 36.0 Å². The predicted octanol–water partition coefficient (Wildman–Crippen LogP) is 2.39. The molecule has 0 aliphatic carbocycles. The summed E-state index contributed by atoms with van der Waals surface area (Å²) in [6, 6.07) is 7.78. The van der Waals surface area contributed by atoms with Crippen LogP contribution in [0.4, 0.5) is 10.8 Å². The van der Waals surface area contributed by atoms with E-state index in [1.807, 2.05) is 38.1 Å². The van der Waals surface area contributed by atoms with Gasteiger partial charge in [-0.15, -0.1) is 10.2 Å². The number of hydrogen-bond donors (Lipinski definition) is 1. The number of nitrogens with zero attached hydrogens (tertiary/aromatic N) is 4. The second kappa shape index (κ2) is 8.51. The van der Waals surface area contributed by atoms with Crippen LogP contribution in [-0.2, 0) is 14.4 Å². The van der Waals surface area contributed by atoms with Crippen molar-refractivity contribution in [1.82, 2.24) is 15.1 Å². The first-order chi connectivity index (χ1) is 14.4. The number of aryl methyl sites for hydroxylation is 2. The highest BCUT2D eigenvalue weighted by Gasteiger charge is 2.38. The summed E-state index contributed by atoms with van der Waals surface area (Å²) >= 11 is 1.35. The van der Waals surface area contributed by atoms with Gasteiger partial charge in [0.2, 0.25) is 22.9 Å². The van der Waals surface area contributed by atoms with E-state index in [0.29, 0.717) is 37.6 Å². The van der Waals surface area contributed by atoms with Crippen molar-refractivity contribution < 1.29 is 14.4 Å². The molecule has 2 aromatic rings. The maximum absolute atomic E-state index is 13.0. The van der Waals surface area contributed by atoms with E-state index in [9.17, 15) is 14.4 Å². The second-order valence-corrected chi connectivity index (χ2v) is 9.14. The third kappa shape index (κ3) is 4.35. The highest BCUT2D eigenvalue weighted by molar-refractivity contribution is 7.15. The molecule has 2 aliphatic heterocycles. The van der Waals surface area contributed by atoms with Gasteiger partial charge in [-0.05, 0) is 38.8 Å². The quantitative estimate of drug-likeness (QED) is 0.808. The summed E-state index contributed by atoms with van der Waals surface area (Å²) in [4.78, 5) is 41.4. The lowest BCUT2D eigenvalue weighted by atomic mass is 9.94. The first-order valence-electron chi connectivity index (χ1n) is 10.2. The molecular weight excluding hydrogens is 402 g/mol. The Balaban J connectivity index is 1.30. The van der Waals surface area contributed by atoms with Crippen molar-refractivity contribution in [2.75, 3.05) is 29.9 Å². The molecule has 4 rings (SSSR count). The van der Waals surface area contributed by atoms with Crippen LogP contribution in [-0.4, -0.2) is 52.5 Å². The molecule has 0 saturated carbocycles. The van der Waals surface area contributed by atoms with Crippen LogP contribution in [0.1, 0.15) is 29.8 Å². The van der Waals surface area contributed by atoms with E-state index in [2.05, 4.69) is 15.5 Å². The third-order valence-corrected chi connectivity index (χ3v) is 6.51. The minimum absolute atomic E-state index is 0.0107. The summed E-state index contributed by atoms with van der Waals surface area (Å²) in [6.07, 6.45) is 1.46. The topological polar surface area (TPSA) is 95.5 Å². The van der Waals surface area contributed by atoms with Gasteiger partial charge in [-0.25, -0.2) is 0 Å². The smallest absolute Gasteiger partial charge is 0.229 e. The van der Waals surface area contributed by atoms with Crippen molar-refractivity contribution in [2.45, 2.75) is 33.1 Å². The monoisotopic (exact) mass is 427 g/mol. The summed E-state index contributed by atoms with van der Waals surface area (Å²) in [5.74, 6) is -0.545. The number of carbonyl (C=O) groups is 3. The molecule has 1 aromatic carbocycles. The first-order valence-corrected chi connectivity index (χ1v) is 11.0. The number of amides is 3. The van der Waals surface area contributed by atoms with Crippen LogP contribution in [0.2, 0.25) is 0 Å². The molecule has 0 radical (unpaired) electrons. The lowest BCUT2D eigenvalue weighted by molar-refractivity contribution is -0.138. The average molecular weight is 428 g/mol. The van der Waals surface area contributed by atoms with E-state index in [4.69, 9.17) is 0 Å². The average Bonchev–Trinajstić information content (AvgIpc) is 3.33. The maximum atomic E-state index is 13.0. The zero-order valence-corrected chi connectivity index (χ0v) is 17.9. The summed E-state index contributed by atoms with van der Waals surface area (Å²) in [6.45, 7) is 5.31. The van der Waals surface area contributed by atoms with Gasteiger partial charge in [0, 0.05) is 37.7 Å². The molecule has 3 amide bonds. The molecule has 30 heavy (non-hydrogen) atoms. The second-order valence-electron chi connectivity index (χ2n) is 7.96. The zero-order chi connectivity index (χ0) is 21.3. The molecule has 1 N–H and O–H groups in total. The number of likely N-dealkylation sites (tertiary alicyclic amines) is 1. The molecule has 2 saturated heterocycles. The number of rotatable bonds is 4. The molecule has 0 unspecified atom stereocenters. The van der Waals surface area contributed by atoms with Crippen molar-refractivity contribution in [1.29, 1.82) is 0 Å². The maximum Gasteiger partial charge on any atom is 0.229 e. The fourth-order valence-electron chi connectivity index (χ4n) is 4.02. The van der Waals surface area contributed by atoms with Crippen LogP contribution in [0, 0.1) is 25.7 Å². The van der Waals surface area contributed by atoms with Crippen LogP contribution in [0.3, 0.4) is 0 Å². The van der Waals surface area contributed by atoms with Crippen molar-refractivity contribution in [2.24, 2.45) is 11.8 Å². The van der Waals surface area contributed by atoms with Crippen molar-refractivity contribution in [3.63, 3.8) is 0 Å². The number of nitrogens with one attached hydrogen (secondary N) is 1. The molecular formula is C21H25N5O3S. The Kier molecular flexibility index (Phi) is 5.80. The van der Waals surface area contributed by atoms with E-state index in [1.165, 1.54) is 11.3 Å². The van der Waals surface area contributed by atoms with Crippen LogP contribution in [0.15, 0.2) is 24.3 Å². The van der Waals surface area contributed by atoms with E-state index in [1.54, 1.807) is 9.80 Å². The molecule has 0 spiro atoms. The fourth-order valence-corrected chi connectivity index (χ4v) is 4.62. The summed E-state index contributed by atoms with van der Waals surface area (Å²) in [7, 11) is 0. The fraction of sp³-hybridized carbons (Fsp3) is 0.476. The number of anilines is 2. The first kappa shape index (κ1) is 20.5. The van der Waals surface area contributed by atoms with Gasteiger partial charge in [0.25, 0.3) is 0 Å². The van der Waals surface area contributed by atoms with Gasteiger partial charge in [0.15, 0.2) is 0 Å². The molecule has 8 nitrogen and oxygen atoms in total. The van der Waals surface area contributed by atoms with Crippen molar-refractivity contribution in [3.05, 3.63) is 34.8 Å². The SMILES string of the molecule is Cc1ccc(N2C[C@H](C(=O)N3CCC(C(=O)Nc4nnc(C)s4)CC3)CC2=O)cc1. The summed E-state index contributed by atoms with van der Waals surface area (Å²) in [5, 5.41) is 12.0. The lowest BCUT2D eigenvalue weighted by Gasteiger charge is -2.32. The molecule has 1 aromatic heterocycles. The van der Waals surface area contributed by atoms with E-state index in [0.717, 1.165) is 16.3 Å². The lowest BCUT2D eigenvalue weighted by Crippen LogP contribution is -2.44. The van der Waals surface area contributed by atoms with Crippen molar-refractivity contribution >= 4 is 39.9 Å². The van der Waals surface area contributed by atoms with Crippen LogP contribution >= 0.6 is 11.3 Å². The predicted molar refractivity (Wildman–Crippen MR) is 114 cm³/mol. The zero-order valence-electron chi connectivity index (χ0n) is 17.1.